The lowest BCUT2D eigenvalue weighted by molar-refractivity contribution is 0.388. The average Bonchev–Trinajstić information content (AvgIpc) is 2.24. The van der Waals surface area contributed by atoms with E-state index in [-0.39, 0.29) is 11.3 Å². The third-order valence-electron chi connectivity index (χ3n) is 3.05. The van der Waals surface area contributed by atoms with Gasteiger partial charge in [0.15, 0.2) is 0 Å². The predicted molar refractivity (Wildman–Crippen MR) is 69.1 cm³/mol. The van der Waals surface area contributed by atoms with E-state index in [1.807, 2.05) is 27.8 Å². The molecule has 0 aliphatic heterocycles. The quantitative estimate of drug-likeness (QED) is 0.610. The molecule has 0 amide bonds. The topological polar surface area (TPSA) is 58.2 Å². The first kappa shape index (κ1) is 15.9. The molecule has 0 aliphatic rings. The second-order valence-corrected chi connectivity index (χ2v) is 6.34. The predicted octanol–water partition coefficient (Wildman–Crippen LogP) is 1.48. The van der Waals surface area contributed by atoms with Crippen LogP contribution in [0.4, 0.5) is 0 Å². The van der Waals surface area contributed by atoms with Gasteiger partial charge in [-0.25, -0.2) is 13.1 Å². The zero-order valence-electron chi connectivity index (χ0n) is 11.0. The third kappa shape index (κ3) is 6.45. The Kier molecular flexibility index (Phi) is 7.19. The Morgan fingerprint density at radius 2 is 1.69 bits per heavy atom. The minimum absolute atomic E-state index is 0.226. The molecule has 0 unspecified atom stereocenters. The van der Waals surface area contributed by atoms with Crippen molar-refractivity contribution in [3.05, 3.63) is 0 Å². The maximum absolute atomic E-state index is 11.8. The lowest BCUT2D eigenvalue weighted by Gasteiger charge is -2.27. The zero-order chi connectivity index (χ0) is 12.7. The number of nitrogens with one attached hydrogen (secondary N) is 2. The van der Waals surface area contributed by atoms with Crippen molar-refractivity contribution < 1.29 is 8.42 Å². The molecular formula is C11H26N2O2S. The molecule has 0 aromatic rings. The van der Waals surface area contributed by atoms with Gasteiger partial charge in [0.05, 0.1) is 5.75 Å². The van der Waals surface area contributed by atoms with Crippen LogP contribution in [0.2, 0.25) is 0 Å². The highest BCUT2D eigenvalue weighted by Crippen LogP contribution is 2.15. The second kappa shape index (κ2) is 7.25. The van der Waals surface area contributed by atoms with Gasteiger partial charge in [0.2, 0.25) is 10.0 Å². The molecule has 4 nitrogen and oxygen atoms in total. The highest BCUT2D eigenvalue weighted by atomic mass is 32.2. The van der Waals surface area contributed by atoms with Crippen LogP contribution < -0.4 is 10.0 Å². The van der Waals surface area contributed by atoms with Crippen LogP contribution in [0.1, 0.15) is 46.5 Å². The summed E-state index contributed by atoms with van der Waals surface area (Å²) < 4.78 is 26.4. The first-order chi connectivity index (χ1) is 7.39. The molecule has 2 N–H and O–H groups in total. The lowest BCUT2D eigenvalue weighted by Crippen LogP contribution is -2.45. The maximum atomic E-state index is 11.8. The SMILES string of the molecule is CCC(C)(CC)NS(=O)(=O)CCCCNC. The molecule has 16 heavy (non-hydrogen) atoms. The van der Waals surface area contributed by atoms with E-state index >= 15 is 0 Å². The van der Waals surface area contributed by atoms with E-state index in [9.17, 15) is 8.42 Å². The van der Waals surface area contributed by atoms with Crippen molar-refractivity contribution in [1.29, 1.82) is 0 Å². The van der Waals surface area contributed by atoms with Crippen molar-refractivity contribution >= 4 is 10.0 Å². The number of hydrogen-bond donors (Lipinski definition) is 2. The summed E-state index contributed by atoms with van der Waals surface area (Å²) in [5.41, 5.74) is -0.290. The normalized spacial score (nSPS) is 13.0. The Balaban J connectivity index is 4.14. The summed E-state index contributed by atoms with van der Waals surface area (Å²) in [7, 11) is -1.25. The molecule has 0 saturated heterocycles. The molecule has 5 heteroatoms. The van der Waals surface area contributed by atoms with Crippen molar-refractivity contribution in [1.82, 2.24) is 10.0 Å². The number of rotatable bonds is 9. The Bertz CT molecular complexity index is 272. The Morgan fingerprint density at radius 3 is 2.12 bits per heavy atom. The van der Waals surface area contributed by atoms with Gasteiger partial charge in [-0.15, -0.1) is 0 Å². The summed E-state index contributed by atoms with van der Waals surface area (Å²) in [6.45, 7) is 6.84. The third-order valence-corrected chi connectivity index (χ3v) is 4.68. The molecule has 0 radical (unpaired) electrons. The molecular weight excluding hydrogens is 224 g/mol. The minimum Gasteiger partial charge on any atom is -0.320 e. The largest absolute Gasteiger partial charge is 0.320 e. The van der Waals surface area contributed by atoms with Crippen LogP contribution in [-0.4, -0.2) is 33.3 Å². The zero-order valence-corrected chi connectivity index (χ0v) is 11.8. The van der Waals surface area contributed by atoms with Gasteiger partial charge in [0, 0.05) is 5.54 Å². The molecule has 0 aromatic carbocycles. The van der Waals surface area contributed by atoms with Crippen molar-refractivity contribution in [3.63, 3.8) is 0 Å². The van der Waals surface area contributed by atoms with Gasteiger partial charge in [-0.05, 0) is 46.2 Å². The van der Waals surface area contributed by atoms with Gasteiger partial charge >= 0.3 is 0 Å². The molecule has 0 saturated carbocycles. The number of hydrogen-bond acceptors (Lipinski definition) is 3. The van der Waals surface area contributed by atoms with E-state index in [4.69, 9.17) is 0 Å². The van der Waals surface area contributed by atoms with Crippen LogP contribution in [0.25, 0.3) is 0 Å². The van der Waals surface area contributed by atoms with Gasteiger partial charge in [-0.1, -0.05) is 13.8 Å². The molecule has 0 fully saturated rings. The van der Waals surface area contributed by atoms with Crippen molar-refractivity contribution in [2.24, 2.45) is 0 Å². The van der Waals surface area contributed by atoms with Crippen LogP contribution in [0.15, 0.2) is 0 Å². The molecule has 0 aromatic heterocycles. The second-order valence-electron chi connectivity index (χ2n) is 4.50. The van der Waals surface area contributed by atoms with Gasteiger partial charge in [0.25, 0.3) is 0 Å². The van der Waals surface area contributed by atoms with Gasteiger partial charge in [-0.3, -0.25) is 0 Å². The van der Waals surface area contributed by atoms with Crippen LogP contribution >= 0.6 is 0 Å². The van der Waals surface area contributed by atoms with Crippen LogP contribution in [0.5, 0.6) is 0 Å². The fraction of sp³-hybridized carbons (Fsp3) is 1.00. The molecule has 0 heterocycles. The lowest BCUT2D eigenvalue weighted by atomic mass is 9.98. The maximum Gasteiger partial charge on any atom is 0.212 e. The number of sulfonamides is 1. The molecule has 0 aliphatic carbocycles. The van der Waals surface area contributed by atoms with Crippen molar-refractivity contribution in [2.45, 2.75) is 52.0 Å². The summed E-state index contributed by atoms with van der Waals surface area (Å²) in [5.74, 6) is 0.226. The fourth-order valence-corrected chi connectivity index (χ4v) is 3.14. The molecule has 0 rings (SSSR count). The van der Waals surface area contributed by atoms with E-state index in [0.717, 1.165) is 25.8 Å². The summed E-state index contributed by atoms with van der Waals surface area (Å²) in [6, 6.07) is 0. The Labute approximate surface area is 100 Å². The summed E-state index contributed by atoms with van der Waals surface area (Å²) in [5, 5.41) is 3.01. The van der Waals surface area contributed by atoms with E-state index in [2.05, 4.69) is 10.0 Å². The highest BCUT2D eigenvalue weighted by Gasteiger charge is 2.25. The highest BCUT2D eigenvalue weighted by molar-refractivity contribution is 7.89. The van der Waals surface area contributed by atoms with Crippen LogP contribution in [0.3, 0.4) is 0 Å². The van der Waals surface area contributed by atoms with Crippen molar-refractivity contribution in [2.75, 3.05) is 19.3 Å². The molecule has 98 valence electrons. The van der Waals surface area contributed by atoms with E-state index in [1.165, 1.54) is 0 Å². The van der Waals surface area contributed by atoms with Gasteiger partial charge < -0.3 is 5.32 Å². The minimum atomic E-state index is -3.12. The Hall–Kier alpha value is -0.130. The fourth-order valence-electron chi connectivity index (χ4n) is 1.41. The van der Waals surface area contributed by atoms with Crippen molar-refractivity contribution in [3.8, 4) is 0 Å². The average molecular weight is 250 g/mol. The van der Waals surface area contributed by atoms with Crippen LogP contribution in [-0.2, 0) is 10.0 Å². The number of unbranched alkanes of at least 4 members (excludes halogenated alkanes) is 1. The van der Waals surface area contributed by atoms with Gasteiger partial charge in [0.1, 0.15) is 0 Å². The van der Waals surface area contributed by atoms with Crippen LogP contribution in [0, 0.1) is 0 Å². The van der Waals surface area contributed by atoms with E-state index < -0.39 is 10.0 Å². The van der Waals surface area contributed by atoms with Gasteiger partial charge in [-0.2, -0.15) is 0 Å². The summed E-state index contributed by atoms with van der Waals surface area (Å²) in [6.07, 6.45) is 3.24. The summed E-state index contributed by atoms with van der Waals surface area (Å²) >= 11 is 0. The molecule has 0 atom stereocenters. The Morgan fingerprint density at radius 1 is 1.12 bits per heavy atom. The smallest absolute Gasteiger partial charge is 0.212 e. The first-order valence-corrected chi connectivity index (χ1v) is 7.70. The van der Waals surface area contributed by atoms with E-state index in [1.54, 1.807) is 0 Å². The monoisotopic (exact) mass is 250 g/mol. The standard InChI is InChI=1S/C11H26N2O2S/c1-5-11(3,6-2)13-16(14,15)10-8-7-9-12-4/h12-13H,5-10H2,1-4H3. The summed E-state index contributed by atoms with van der Waals surface area (Å²) in [4.78, 5) is 0. The molecule has 0 spiro atoms. The molecule has 0 bridgehead atoms. The van der Waals surface area contributed by atoms with E-state index in [0.29, 0.717) is 6.42 Å². The first-order valence-electron chi connectivity index (χ1n) is 6.05.